The van der Waals surface area contributed by atoms with Crippen molar-refractivity contribution in [3.63, 3.8) is 0 Å². The van der Waals surface area contributed by atoms with E-state index in [1.165, 1.54) is 6.07 Å². The van der Waals surface area contributed by atoms with Crippen LogP contribution >= 0.6 is 0 Å². The topological polar surface area (TPSA) is 52.5 Å². The zero-order valence-electron chi connectivity index (χ0n) is 11.2. The van der Waals surface area contributed by atoms with Crippen LogP contribution in [0.2, 0.25) is 0 Å². The Morgan fingerprint density at radius 1 is 1.28 bits per heavy atom. The minimum Gasteiger partial charge on any atom is -0.508 e. The van der Waals surface area contributed by atoms with Crippen LogP contribution in [0.25, 0.3) is 0 Å². The number of rotatable bonds is 6. The van der Waals surface area contributed by atoms with Crippen LogP contribution in [-0.2, 0) is 0 Å². The third-order valence-corrected chi connectivity index (χ3v) is 2.92. The van der Waals surface area contributed by atoms with Crippen molar-refractivity contribution in [2.45, 2.75) is 39.3 Å². The van der Waals surface area contributed by atoms with Gasteiger partial charge in [0.15, 0.2) is 0 Å². The van der Waals surface area contributed by atoms with Crippen molar-refractivity contribution in [2.75, 3.05) is 6.61 Å². The van der Waals surface area contributed by atoms with Gasteiger partial charge in [0.2, 0.25) is 0 Å². The number of aliphatic hydroxyl groups excluding tert-OH is 1. The summed E-state index contributed by atoms with van der Waals surface area (Å²) in [4.78, 5) is 0. The monoisotopic (exact) mass is 255 g/mol. The molecule has 0 radical (unpaired) electrons. The van der Waals surface area contributed by atoms with Crippen molar-refractivity contribution in [1.29, 1.82) is 0 Å². The molecule has 0 aliphatic heterocycles. The average Bonchev–Trinajstić information content (AvgIpc) is 2.27. The van der Waals surface area contributed by atoms with E-state index in [1.807, 2.05) is 6.92 Å². The van der Waals surface area contributed by atoms with Gasteiger partial charge in [-0.2, -0.15) is 0 Å². The molecule has 0 bridgehead atoms. The Hall–Kier alpha value is -1.13. The van der Waals surface area contributed by atoms with E-state index in [0.29, 0.717) is 11.5 Å². The highest BCUT2D eigenvalue weighted by atomic mass is 19.1. The minimum atomic E-state index is -0.454. The quantitative estimate of drug-likeness (QED) is 0.732. The highest BCUT2D eigenvalue weighted by molar-refractivity contribution is 5.34. The van der Waals surface area contributed by atoms with Gasteiger partial charge in [0.05, 0.1) is 6.61 Å². The van der Waals surface area contributed by atoms with Crippen LogP contribution in [0.5, 0.6) is 5.75 Å². The first-order chi connectivity index (χ1) is 8.43. The number of hydrogen-bond acceptors (Lipinski definition) is 3. The fourth-order valence-corrected chi connectivity index (χ4v) is 2.09. The largest absolute Gasteiger partial charge is 0.508 e. The van der Waals surface area contributed by atoms with E-state index in [9.17, 15) is 14.6 Å². The van der Waals surface area contributed by atoms with E-state index in [0.717, 1.165) is 12.5 Å². The van der Waals surface area contributed by atoms with Gasteiger partial charge in [-0.15, -0.1) is 0 Å². The van der Waals surface area contributed by atoms with Crippen LogP contribution in [0.1, 0.15) is 38.8 Å². The van der Waals surface area contributed by atoms with Gasteiger partial charge in [-0.3, -0.25) is 0 Å². The van der Waals surface area contributed by atoms with Crippen molar-refractivity contribution in [3.05, 3.63) is 29.6 Å². The molecule has 102 valence electrons. The van der Waals surface area contributed by atoms with Gasteiger partial charge in [-0.1, -0.05) is 19.9 Å². The van der Waals surface area contributed by atoms with E-state index in [1.54, 1.807) is 6.07 Å². The Kier molecular flexibility index (Phi) is 5.56. The lowest BCUT2D eigenvalue weighted by molar-refractivity contribution is 0.214. The molecule has 3 nitrogen and oxygen atoms in total. The Balaban J connectivity index is 2.71. The molecule has 0 aromatic heterocycles. The highest BCUT2D eigenvalue weighted by Gasteiger charge is 2.16. The van der Waals surface area contributed by atoms with Crippen molar-refractivity contribution < 1.29 is 14.6 Å². The molecule has 0 fully saturated rings. The Morgan fingerprint density at radius 3 is 2.44 bits per heavy atom. The molecule has 1 aromatic carbocycles. The van der Waals surface area contributed by atoms with Gasteiger partial charge in [-0.25, -0.2) is 4.39 Å². The molecule has 0 saturated carbocycles. The molecule has 1 rings (SSSR count). The summed E-state index contributed by atoms with van der Waals surface area (Å²) in [5, 5.41) is 22.2. The summed E-state index contributed by atoms with van der Waals surface area (Å²) in [5.41, 5.74) is 0.638. The van der Waals surface area contributed by atoms with Gasteiger partial charge >= 0.3 is 0 Å². The summed E-state index contributed by atoms with van der Waals surface area (Å²) in [5.74, 6) is -0.0377. The summed E-state index contributed by atoms with van der Waals surface area (Å²) in [6, 6.07) is 3.82. The second kappa shape index (κ2) is 6.71. The molecular formula is C14H22FNO2. The molecule has 18 heavy (non-hydrogen) atoms. The molecule has 0 saturated heterocycles. The Bertz CT molecular complexity index is 382. The lowest BCUT2D eigenvalue weighted by Crippen LogP contribution is -2.35. The smallest absolute Gasteiger partial charge is 0.126 e. The Morgan fingerprint density at radius 2 is 1.94 bits per heavy atom. The highest BCUT2D eigenvalue weighted by Crippen LogP contribution is 2.25. The standard InChI is InChI=1S/C14H22FNO2/c1-9(2)6-12(8-17)16-10(3)13-5-4-11(15)7-14(13)18/h4-5,7,9-10,12,16-18H,6,8H2,1-3H3. The van der Waals surface area contributed by atoms with Gasteiger partial charge in [0.1, 0.15) is 11.6 Å². The maximum absolute atomic E-state index is 12.9. The molecule has 3 N–H and O–H groups in total. The molecular weight excluding hydrogens is 233 g/mol. The number of phenolic OH excluding ortho intramolecular Hbond substituents is 1. The third kappa shape index (κ3) is 4.27. The number of phenols is 1. The van der Waals surface area contributed by atoms with Gasteiger partial charge in [-0.05, 0) is 25.3 Å². The second-order valence-corrected chi connectivity index (χ2v) is 5.10. The maximum Gasteiger partial charge on any atom is 0.126 e. The third-order valence-electron chi connectivity index (χ3n) is 2.92. The van der Waals surface area contributed by atoms with Crippen LogP contribution in [0.15, 0.2) is 18.2 Å². The zero-order valence-corrected chi connectivity index (χ0v) is 11.2. The molecule has 1 aromatic rings. The predicted molar refractivity (Wildman–Crippen MR) is 69.9 cm³/mol. The van der Waals surface area contributed by atoms with Crippen molar-refractivity contribution >= 4 is 0 Å². The first-order valence-electron chi connectivity index (χ1n) is 6.29. The van der Waals surface area contributed by atoms with Gasteiger partial charge in [0, 0.05) is 23.7 Å². The van der Waals surface area contributed by atoms with Crippen molar-refractivity contribution in [2.24, 2.45) is 5.92 Å². The van der Waals surface area contributed by atoms with E-state index in [2.05, 4.69) is 19.2 Å². The van der Waals surface area contributed by atoms with Crippen molar-refractivity contribution in [3.8, 4) is 5.75 Å². The molecule has 0 aliphatic rings. The molecule has 2 atom stereocenters. The van der Waals surface area contributed by atoms with Gasteiger partial charge < -0.3 is 15.5 Å². The summed E-state index contributed by atoms with van der Waals surface area (Å²) in [7, 11) is 0. The average molecular weight is 255 g/mol. The molecule has 0 spiro atoms. The first kappa shape index (κ1) is 14.9. The number of nitrogens with one attached hydrogen (secondary N) is 1. The normalized spacial score (nSPS) is 14.8. The van der Waals surface area contributed by atoms with E-state index >= 15 is 0 Å². The summed E-state index contributed by atoms with van der Waals surface area (Å²) < 4.78 is 12.9. The molecule has 4 heteroatoms. The van der Waals surface area contributed by atoms with Crippen molar-refractivity contribution in [1.82, 2.24) is 5.32 Å². The van der Waals surface area contributed by atoms with E-state index in [-0.39, 0.29) is 24.4 Å². The predicted octanol–water partition coefficient (Wildman–Crippen LogP) is 2.59. The SMILES string of the molecule is CC(C)CC(CO)NC(C)c1ccc(F)cc1O. The number of halogens is 1. The van der Waals surface area contributed by atoms with Crippen LogP contribution in [0.4, 0.5) is 4.39 Å². The van der Waals surface area contributed by atoms with Crippen LogP contribution in [0.3, 0.4) is 0 Å². The van der Waals surface area contributed by atoms with E-state index < -0.39 is 5.82 Å². The fourth-order valence-electron chi connectivity index (χ4n) is 2.09. The van der Waals surface area contributed by atoms with Crippen LogP contribution in [-0.4, -0.2) is 22.9 Å². The lowest BCUT2D eigenvalue weighted by Gasteiger charge is -2.24. The first-order valence-corrected chi connectivity index (χ1v) is 6.29. The number of hydrogen-bond donors (Lipinski definition) is 3. The maximum atomic E-state index is 12.9. The summed E-state index contributed by atoms with van der Waals surface area (Å²) in [6.45, 7) is 6.11. The molecule has 2 unspecified atom stereocenters. The van der Waals surface area contributed by atoms with E-state index in [4.69, 9.17) is 0 Å². The van der Waals surface area contributed by atoms with Crippen LogP contribution < -0.4 is 5.32 Å². The molecule has 0 heterocycles. The lowest BCUT2D eigenvalue weighted by atomic mass is 10.0. The summed E-state index contributed by atoms with van der Waals surface area (Å²) in [6.07, 6.45) is 0.850. The second-order valence-electron chi connectivity index (χ2n) is 5.10. The molecule has 0 aliphatic carbocycles. The number of benzene rings is 1. The van der Waals surface area contributed by atoms with Gasteiger partial charge in [0.25, 0.3) is 0 Å². The fraction of sp³-hybridized carbons (Fsp3) is 0.571. The minimum absolute atomic E-state index is 0.0237. The zero-order chi connectivity index (χ0) is 13.7. The summed E-state index contributed by atoms with van der Waals surface area (Å²) >= 11 is 0. The number of aromatic hydroxyl groups is 1. The Labute approximate surface area is 108 Å². The molecule has 0 amide bonds. The number of aliphatic hydroxyl groups is 1. The van der Waals surface area contributed by atoms with Crippen LogP contribution in [0, 0.1) is 11.7 Å².